The lowest BCUT2D eigenvalue weighted by molar-refractivity contribution is -0.137. The Morgan fingerprint density at radius 1 is 1.42 bits per heavy atom. The van der Waals surface area contributed by atoms with Gasteiger partial charge in [0, 0.05) is 18.5 Å². The van der Waals surface area contributed by atoms with Crippen molar-refractivity contribution in [1.29, 1.82) is 0 Å². The van der Waals surface area contributed by atoms with Crippen LogP contribution in [-0.2, 0) is 9.59 Å². The van der Waals surface area contributed by atoms with E-state index in [1.54, 1.807) is 0 Å². The molecule has 1 heterocycles. The number of ether oxygens (including phenoxy) is 1. The molecule has 1 fully saturated rings. The Balaban J connectivity index is 2.25. The fraction of sp³-hybridized carbons (Fsp3) is 0.421. The van der Waals surface area contributed by atoms with Gasteiger partial charge in [0.1, 0.15) is 10.1 Å². The Hall–Kier alpha value is -1.86. The van der Waals surface area contributed by atoms with Gasteiger partial charge in [-0.15, -0.1) is 0 Å². The molecule has 0 saturated carbocycles. The van der Waals surface area contributed by atoms with Gasteiger partial charge in [0.05, 0.1) is 11.5 Å². The van der Waals surface area contributed by atoms with Crippen LogP contribution in [0.3, 0.4) is 0 Å². The number of aliphatic carboxylic acids is 1. The number of hydrogen-bond acceptors (Lipinski definition) is 5. The van der Waals surface area contributed by atoms with Crippen LogP contribution in [0.2, 0.25) is 0 Å². The molecule has 1 aliphatic heterocycles. The molecular weight excluding hydrogens is 370 g/mol. The maximum Gasteiger partial charge on any atom is 0.303 e. The Bertz CT molecular complexity index is 743. The van der Waals surface area contributed by atoms with Crippen molar-refractivity contribution in [2.75, 3.05) is 13.2 Å². The summed E-state index contributed by atoms with van der Waals surface area (Å²) >= 11 is 6.53. The molecule has 140 valence electrons. The van der Waals surface area contributed by atoms with Crippen molar-refractivity contribution in [2.24, 2.45) is 0 Å². The van der Waals surface area contributed by atoms with Crippen molar-refractivity contribution in [3.63, 3.8) is 0 Å². The highest BCUT2D eigenvalue weighted by Gasteiger charge is 2.31. The molecule has 0 aromatic heterocycles. The van der Waals surface area contributed by atoms with Gasteiger partial charge in [0.15, 0.2) is 0 Å². The van der Waals surface area contributed by atoms with Gasteiger partial charge in [0.2, 0.25) is 0 Å². The van der Waals surface area contributed by atoms with E-state index < -0.39 is 5.97 Å². The molecule has 1 aromatic carbocycles. The number of carboxylic acids is 1. The van der Waals surface area contributed by atoms with Gasteiger partial charge < -0.3 is 9.84 Å². The molecule has 0 radical (unpaired) electrons. The Morgan fingerprint density at radius 2 is 2.15 bits per heavy atom. The molecule has 1 aliphatic rings. The van der Waals surface area contributed by atoms with Crippen LogP contribution in [0.1, 0.15) is 50.7 Å². The minimum atomic E-state index is -0.877. The highest BCUT2D eigenvalue weighted by molar-refractivity contribution is 8.26. The molecule has 1 saturated heterocycles. The second kappa shape index (κ2) is 9.19. The summed E-state index contributed by atoms with van der Waals surface area (Å²) in [4.78, 5) is 25.3. The van der Waals surface area contributed by atoms with Crippen molar-refractivity contribution in [3.05, 3.63) is 34.2 Å². The summed E-state index contributed by atoms with van der Waals surface area (Å²) in [6, 6.07) is 6.00. The molecular formula is C19H23NO4S2. The number of carboxylic acid groups (broad SMARTS) is 1. The fourth-order valence-electron chi connectivity index (χ4n) is 2.55. The SMILES string of the molecule is CCOc1ccc(C(C)C)cc1/C=C1\SC(=S)N(CCCC(=O)O)C1=O. The van der Waals surface area contributed by atoms with Gasteiger partial charge in [-0.1, -0.05) is 43.9 Å². The average Bonchev–Trinajstić information content (AvgIpc) is 2.83. The van der Waals surface area contributed by atoms with Crippen molar-refractivity contribution in [3.8, 4) is 5.75 Å². The maximum absolute atomic E-state index is 12.6. The average molecular weight is 394 g/mol. The number of carbonyl (C=O) groups is 2. The molecule has 0 bridgehead atoms. The van der Waals surface area contributed by atoms with Crippen LogP contribution >= 0.6 is 24.0 Å². The first-order valence-electron chi connectivity index (χ1n) is 8.57. The third-order valence-corrected chi connectivity index (χ3v) is 5.31. The summed E-state index contributed by atoms with van der Waals surface area (Å²) in [6.45, 7) is 7.00. The van der Waals surface area contributed by atoms with Crippen molar-refractivity contribution >= 4 is 46.3 Å². The summed E-state index contributed by atoms with van der Waals surface area (Å²) in [7, 11) is 0. The first kappa shape index (κ1) is 20.5. The van der Waals surface area contributed by atoms with Crippen molar-refractivity contribution in [2.45, 2.75) is 39.5 Å². The van der Waals surface area contributed by atoms with Gasteiger partial charge in [-0.25, -0.2) is 0 Å². The van der Waals surface area contributed by atoms with Crippen LogP contribution in [0.4, 0.5) is 0 Å². The molecule has 1 amide bonds. The van der Waals surface area contributed by atoms with Gasteiger partial charge in [-0.3, -0.25) is 14.5 Å². The minimum Gasteiger partial charge on any atom is -0.493 e. The van der Waals surface area contributed by atoms with Crippen LogP contribution in [-0.4, -0.2) is 39.4 Å². The number of benzene rings is 1. The number of thioether (sulfide) groups is 1. The molecule has 7 heteroatoms. The smallest absolute Gasteiger partial charge is 0.303 e. The quantitative estimate of drug-likeness (QED) is 0.525. The number of amides is 1. The van der Waals surface area contributed by atoms with E-state index in [1.165, 1.54) is 16.7 Å². The van der Waals surface area contributed by atoms with E-state index in [0.717, 1.165) is 16.9 Å². The van der Waals surface area contributed by atoms with E-state index >= 15 is 0 Å². The largest absolute Gasteiger partial charge is 0.493 e. The van der Waals surface area contributed by atoms with E-state index in [0.29, 0.717) is 34.7 Å². The lowest BCUT2D eigenvalue weighted by Gasteiger charge is -2.13. The Morgan fingerprint density at radius 3 is 2.77 bits per heavy atom. The van der Waals surface area contributed by atoms with Crippen molar-refractivity contribution < 1.29 is 19.4 Å². The van der Waals surface area contributed by atoms with Crippen LogP contribution < -0.4 is 4.74 Å². The summed E-state index contributed by atoms with van der Waals surface area (Å²) in [5, 5.41) is 8.75. The van der Waals surface area contributed by atoms with Gasteiger partial charge in [-0.2, -0.15) is 0 Å². The topological polar surface area (TPSA) is 66.8 Å². The summed E-state index contributed by atoms with van der Waals surface area (Å²) in [6.07, 6.45) is 2.20. The second-order valence-electron chi connectivity index (χ2n) is 6.22. The molecule has 0 unspecified atom stereocenters. The number of hydrogen-bond donors (Lipinski definition) is 1. The first-order chi connectivity index (χ1) is 12.3. The number of thiocarbonyl (C=S) groups is 1. The third kappa shape index (κ3) is 5.08. The normalized spacial score (nSPS) is 16.0. The minimum absolute atomic E-state index is 0.0149. The molecule has 0 spiro atoms. The number of rotatable bonds is 8. The van der Waals surface area contributed by atoms with Crippen molar-refractivity contribution in [1.82, 2.24) is 4.90 Å². The highest BCUT2D eigenvalue weighted by Crippen LogP contribution is 2.35. The molecule has 0 atom stereocenters. The fourth-order valence-corrected chi connectivity index (χ4v) is 3.85. The van der Waals surface area contributed by atoms with Gasteiger partial charge >= 0.3 is 5.97 Å². The molecule has 5 nitrogen and oxygen atoms in total. The molecule has 26 heavy (non-hydrogen) atoms. The zero-order valence-electron chi connectivity index (χ0n) is 15.2. The monoisotopic (exact) mass is 393 g/mol. The predicted molar refractivity (Wildman–Crippen MR) is 108 cm³/mol. The van der Waals surface area contributed by atoms with E-state index in [9.17, 15) is 9.59 Å². The highest BCUT2D eigenvalue weighted by atomic mass is 32.2. The lowest BCUT2D eigenvalue weighted by atomic mass is 10.00. The molecule has 1 aromatic rings. The number of nitrogens with zero attached hydrogens (tertiary/aromatic N) is 1. The molecule has 1 N–H and O–H groups in total. The summed E-state index contributed by atoms with van der Waals surface area (Å²) < 4.78 is 6.15. The Labute approximate surface area is 163 Å². The van der Waals surface area contributed by atoms with E-state index in [2.05, 4.69) is 13.8 Å². The van der Waals surface area contributed by atoms with Gasteiger partial charge in [-0.05, 0) is 43.0 Å². The third-order valence-electron chi connectivity index (χ3n) is 3.93. The van der Waals surface area contributed by atoms with E-state index in [-0.39, 0.29) is 12.3 Å². The van der Waals surface area contributed by atoms with Crippen LogP contribution in [0, 0.1) is 0 Å². The van der Waals surface area contributed by atoms with Crippen LogP contribution in [0.5, 0.6) is 5.75 Å². The maximum atomic E-state index is 12.6. The zero-order valence-corrected chi connectivity index (χ0v) is 16.8. The first-order valence-corrected chi connectivity index (χ1v) is 9.79. The molecule has 2 rings (SSSR count). The van der Waals surface area contributed by atoms with Gasteiger partial charge in [0.25, 0.3) is 5.91 Å². The molecule has 0 aliphatic carbocycles. The summed E-state index contributed by atoms with van der Waals surface area (Å²) in [5.41, 5.74) is 2.01. The Kier molecular flexibility index (Phi) is 7.23. The van der Waals surface area contributed by atoms with Crippen LogP contribution in [0.25, 0.3) is 6.08 Å². The zero-order chi connectivity index (χ0) is 19.3. The number of carbonyl (C=O) groups excluding carboxylic acids is 1. The van der Waals surface area contributed by atoms with E-state index in [1.807, 2.05) is 31.2 Å². The standard InChI is InChI=1S/C19H23NO4S2/c1-4-24-15-8-7-13(12(2)3)10-14(15)11-16-18(23)20(19(25)26-16)9-5-6-17(21)22/h7-8,10-12H,4-6,9H2,1-3H3,(H,21,22)/b16-11-. The summed E-state index contributed by atoms with van der Waals surface area (Å²) in [5.74, 6) is 0.0389. The lowest BCUT2D eigenvalue weighted by Crippen LogP contribution is -2.29. The van der Waals surface area contributed by atoms with Crippen LogP contribution in [0.15, 0.2) is 23.1 Å². The van der Waals surface area contributed by atoms with E-state index in [4.69, 9.17) is 22.1 Å². The predicted octanol–water partition coefficient (Wildman–Crippen LogP) is 4.27. The second-order valence-corrected chi connectivity index (χ2v) is 7.89.